The number of rotatable bonds is 12. The largest absolute Gasteiger partial charge is 0.490 e. The Morgan fingerprint density at radius 2 is 2.00 bits per heavy atom. The molecule has 0 aliphatic carbocycles. The predicted molar refractivity (Wildman–Crippen MR) is 140 cm³/mol. The Morgan fingerprint density at radius 3 is 2.56 bits per heavy atom. The van der Waals surface area contributed by atoms with Gasteiger partial charge in [0.15, 0.2) is 0 Å². The minimum atomic E-state index is -1.47. The zero-order valence-corrected chi connectivity index (χ0v) is 21.3. The maximum Gasteiger partial charge on any atom is 0.258 e. The summed E-state index contributed by atoms with van der Waals surface area (Å²) in [6.45, 7) is 18.2. The van der Waals surface area contributed by atoms with Crippen LogP contribution in [0.25, 0.3) is 5.57 Å². The third-order valence-corrected chi connectivity index (χ3v) is 5.86. The molecule has 184 valence electrons. The maximum atomic E-state index is 14.4. The van der Waals surface area contributed by atoms with Gasteiger partial charge in [0.25, 0.3) is 5.91 Å². The van der Waals surface area contributed by atoms with Crippen LogP contribution in [0.5, 0.6) is 0 Å². The van der Waals surface area contributed by atoms with Crippen LogP contribution in [0.15, 0.2) is 78.8 Å². The van der Waals surface area contributed by atoms with Crippen LogP contribution in [-0.2, 0) is 16.1 Å². The summed E-state index contributed by atoms with van der Waals surface area (Å²) in [6.07, 6.45) is 8.62. The Kier molecular flexibility index (Phi) is 9.91. The van der Waals surface area contributed by atoms with Crippen molar-refractivity contribution in [1.82, 2.24) is 10.2 Å². The first kappa shape index (κ1) is 27.2. The zero-order chi connectivity index (χ0) is 25.3. The highest BCUT2D eigenvalue weighted by atomic mass is 19.1. The molecule has 1 aliphatic heterocycles. The Labute approximate surface area is 204 Å². The molecule has 1 aromatic rings. The van der Waals surface area contributed by atoms with Gasteiger partial charge in [0.1, 0.15) is 18.0 Å². The van der Waals surface area contributed by atoms with Crippen molar-refractivity contribution in [3.8, 4) is 0 Å². The van der Waals surface area contributed by atoms with Gasteiger partial charge < -0.3 is 15.0 Å². The Balaban J connectivity index is 2.18. The van der Waals surface area contributed by atoms with Gasteiger partial charge in [0.2, 0.25) is 0 Å². The number of nitrogens with one attached hydrogen (secondary N) is 1. The summed E-state index contributed by atoms with van der Waals surface area (Å²) in [5.41, 5.74) is 2.94. The van der Waals surface area contributed by atoms with E-state index in [-0.39, 0.29) is 18.3 Å². The zero-order valence-electron chi connectivity index (χ0n) is 21.3. The summed E-state index contributed by atoms with van der Waals surface area (Å²) in [7, 11) is 0. The highest BCUT2D eigenvalue weighted by Gasteiger charge is 2.30. The first-order valence-corrected chi connectivity index (χ1v) is 12.0. The van der Waals surface area contributed by atoms with E-state index in [0.29, 0.717) is 37.5 Å². The van der Waals surface area contributed by atoms with Crippen LogP contribution in [0.2, 0.25) is 0 Å². The third-order valence-electron chi connectivity index (χ3n) is 5.86. The van der Waals surface area contributed by atoms with Crippen LogP contribution in [0.4, 0.5) is 4.39 Å². The average molecular weight is 467 g/mol. The molecule has 1 heterocycles. The van der Waals surface area contributed by atoms with Crippen LogP contribution in [0.1, 0.15) is 58.6 Å². The highest BCUT2D eigenvalue weighted by Crippen LogP contribution is 2.29. The monoisotopic (exact) mass is 466 g/mol. The molecule has 0 aromatic heterocycles. The average Bonchev–Trinajstić information content (AvgIpc) is 2.81. The van der Waals surface area contributed by atoms with Crippen LogP contribution < -0.4 is 5.32 Å². The maximum absolute atomic E-state index is 14.4. The van der Waals surface area contributed by atoms with Crippen molar-refractivity contribution in [2.75, 3.05) is 13.2 Å². The molecule has 2 rings (SSSR count). The molecule has 0 saturated heterocycles. The number of amides is 1. The van der Waals surface area contributed by atoms with Gasteiger partial charge in [0.05, 0.1) is 5.57 Å². The number of nitrogens with zero attached hydrogens (tertiary/aromatic N) is 1. The van der Waals surface area contributed by atoms with Crippen molar-refractivity contribution >= 4 is 11.5 Å². The Morgan fingerprint density at radius 1 is 1.32 bits per heavy atom. The molecule has 1 amide bonds. The second-order valence-corrected chi connectivity index (χ2v) is 9.18. The lowest BCUT2D eigenvalue weighted by atomic mass is 9.96. The van der Waals surface area contributed by atoms with Crippen LogP contribution in [0.3, 0.4) is 0 Å². The van der Waals surface area contributed by atoms with Gasteiger partial charge in [-0.25, -0.2) is 4.39 Å². The van der Waals surface area contributed by atoms with E-state index in [9.17, 15) is 9.18 Å². The molecule has 34 heavy (non-hydrogen) atoms. The van der Waals surface area contributed by atoms with E-state index < -0.39 is 5.67 Å². The lowest BCUT2D eigenvalue weighted by molar-refractivity contribution is -0.128. The standard InChI is InChI=1S/C29H39FN2O2/c1-8-11-26-16-17-32(28(33)27(26)22(6)34-20-29(7,30)10-3)19-23-12-14-25(15-13-23)24(9-2)18-31-21(4)5/h8-9,11-15,18,21,31H,2,6,10,16-17,19-20H2,1,3-5,7H3/b11-8-,24-18+. The SMILES string of the molecule is C=C/C(=C\NC(C)C)c1ccc(CN2CCC(/C=C\C)=C(C(=C)OCC(C)(F)CC)C2=O)cc1. The minimum Gasteiger partial charge on any atom is -0.490 e. The molecule has 1 atom stereocenters. The van der Waals surface area contributed by atoms with Gasteiger partial charge in [-0.3, -0.25) is 4.79 Å². The smallest absolute Gasteiger partial charge is 0.258 e. The van der Waals surface area contributed by atoms with E-state index in [0.717, 1.165) is 22.3 Å². The molecule has 0 saturated carbocycles. The molecule has 1 aliphatic rings. The van der Waals surface area contributed by atoms with Crippen molar-refractivity contribution < 1.29 is 13.9 Å². The number of ether oxygens (including phenoxy) is 1. The molecule has 0 fully saturated rings. The third kappa shape index (κ3) is 7.47. The van der Waals surface area contributed by atoms with Gasteiger partial charge in [-0.2, -0.15) is 0 Å². The fourth-order valence-electron chi connectivity index (χ4n) is 3.55. The first-order valence-electron chi connectivity index (χ1n) is 12.0. The Bertz CT molecular complexity index is 968. The Hall–Kier alpha value is -3.08. The summed E-state index contributed by atoms with van der Waals surface area (Å²) >= 11 is 0. The summed E-state index contributed by atoms with van der Waals surface area (Å²) in [5.74, 6) is 0.0900. The van der Waals surface area contributed by atoms with Crippen molar-refractivity contribution in [2.45, 2.75) is 65.7 Å². The minimum absolute atomic E-state index is 0.130. The van der Waals surface area contributed by atoms with E-state index in [1.165, 1.54) is 6.92 Å². The van der Waals surface area contributed by atoms with E-state index in [2.05, 4.69) is 32.3 Å². The molecule has 0 radical (unpaired) electrons. The van der Waals surface area contributed by atoms with Crippen molar-refractivity contribution in [1.29, 1.82) is 0 Å². The lowest BCUT2D eigenvalue weighted by Gasteiger charge is -2.31. The summed E-state index contributed by atoms with van der Waals surface area (Å²) in [4.78, 5) is 15.2. The van der Waals surface area contributed by atoms with Crippen LogP contribution in [-0.4, -0.2) is 35.7 Å². The molecule has 0 bridgehead atoms. The number of benzene rings is 1. The van der Waals surface area contributed by atoms with Crippen molar-refractivity contribution in [3.63, 3.8) is 0 Å². The van der Waals surface area contributed by atoms with Gasteiger partial charge in [-0.15, -0.1) is 0 Å². The van der Waals surface area contributed by atoms with Crippen molar-refractivity contribution in [3.05, 3.63) is 89.9 Å². The molecule has 1 unspecified atom stereocenters. The molecule has 0 spiro atoms. The van der Waals surface area contributed by atoms with E-state index in [1.807, 2.05) is 55.6 Å². The van der Waals surface area contributed by atoms with Gasteiger partial charge in [-0.05, 0) is 62.8 Å². The van der Waals surface area contributed by atoms with Crippen molar-refractivity contribution in [2.24, 2.45) is 0 Å². The molecule has 5 heteroatoms. The van der Waals surface area contributed by atoms with Gasteiger partial charge >= 0.3 is 0 Å². The number of carbonyl (C=O) groups is 1. The number of hydrogen-bond donors (Lipinski definition) is 1. The topological polar surface area (TPSA) is 41.6 Å². The van der Waals surface area contributed by atoms with E-state index in [4.69, 9.17) is 4.74 Å². The number of carbonyl (C=O) groups excluding carboxylic acids is 1. The number of hydrogen-bond acceptors (Lipinski definition) is 3. The van der Waals surface area contributed by atoms with Crippen LogP contribution in [0, 0.1) is 0 Å². The van der Waals surface area contributed by atoms with E-state index in [1.54, 1.807) is 11.8 Å². The summed E-state index contributed by atoms with van der Waals surface area (Å²) in [6, 6.07) is 8.47. The lowest BCUT2D eigenvalue weighted by Crippen LogP contribution is -2.37. The van der Waals surface area contributed by atoms with Gasteiger partial charge in [0, 0.05) is 25.3 Å². The number of alkyl halides is 1. The number of halogens is 1. The fraction of sp³-hybridized carbons (Fsp3) is 0.414. The normalized spacial score (nSPS) is 16.7. The summed E-state index contributed by atoms with van der Waals surface area (Å²) < 4.78 is 20.0. The first-order chi connectivity index (χ1) is 16.1. The second-order valence-electron chi connectivity index (χ2n) is 9.18. The quantitative estimate of drug-likeness (QED) is 0.283. The molecule has 4 nitrogen and oxygen atoms in total. The number of allylic oxidation sites excluding steroid dienone is 4. The molecular formula is C29H39FN2O2. The molecular weight excluding hydrogens is 427 g/mol. The molecule has 1 aromatic carbocycles. The molecule has 1 N–H and O–H groups in total. The highest BCUT2D eigenvalue weighted by molar-refractivity contribution is 5.99. The predicted octanol–water partition coefficient (Wildman–Crippen LogP) is 6.49. The van der Waals surface area contributed by atoms with E-state index >= 15 is 0 Å². The van der Waals surface area contributed by atoms with Gasteiger partial charge in [-0.1, -0.05) is 62.6 Å². The fourth-order valence-corrected chi connectivity index (χ4v) is 3.55. The summed E-state index contributed by atoms with van der Waals surface area (Å²) in [5, 5.41) is 3.29. The second kappa shape index (κ2) is 12.4. The van der Waals surface area contributed by atoms with Crippen LogP contribution >= 0.6 is 0 Å².